The number of amides is 2. The Kier molecular flexibility index (Phi) is 12.7. The van der Waals surface area contributed by atoms with Crippen LogP contribution in [-0.2, 0) is 9.59 Å². The van der Waals surface area contributed by atoms with E-state index < -0.39 is 0 Å². The minimum atomic E-state index is -0.261. The van der Waals surface area contributed by atoms with Gasteiger partial charge < -0.3 is 44.0 Å². The second kappa shape index (κ2) is 16.7. The number of ether oxygens (including phenoxy) is 6. The van der Waals surface area contributed by atoms with Crippen molar-refractivity contribution in [3.05, 3.63) is 71.8 Å². The first kappa shape index (κ1) is 33.6. The van der Waals surface area contributed by atoms with E-state index in [-0.39, 0.29) is 23.9 Å². The van der Waals surface area contributed by atoms with E-state index in [1.54, 1.807) is 67.0 Å². The third-order valence-corrected chi connectivity index (χ3v) is 6.83. The molecular formula is C33H41N3O8. The normalized spacial score (nSPS) is 17.0. The molecule has 2 aromatic carbocycles. The summed E-state index contributed by atoms with van der Waals surface area (Å²) < 4.78 is 32.2. The number of methoxy groups -OCH3 is 6. The maximum absolute atomic E-state index is 12.6. The molecule has 2 atom stereocenters. The van der Waals surface area contributed by atoms with Gasteiger partial charge in [-0.25, -0.2) is 0 Å². The summed E-state index contributed by atoms with van der Waals surface area (Å²) in [6, 6.07) is 6.75. The lowest BCUT2D eigenvalue weighted by Crippen LogP contribution is -2.50. The summed E-state index contributed by atoms with van der Waals surface area (Å²) >= 11 is 0. The highest BCUT2D eigenvalue weighted by Gasteiger charge is 2.32. The second-order valence-electron chi connectivity index (χ2n) is 9.81. The van der Waals surface area contributed by atoms with E-state index >= 15 is 0 Å². The molecule has 0 saturated carbocycles. The van der Waals surface area contributed by atoms with Crippen LogP contribution in [0.2, 0.25) is 0 Å². The van der Waals surface area contributed by atoms with Crippen molar-refractivity contribution in [3.63, 3.8) is 0 Å². The summed E-state index contributed by atoms with van der Waals surface area (Å²) in [4.78, 5) is 27.3. The Morgan fingerprint density at radius 1 is 0.614 bits per heavy atom. The van der Waals surface area contributed by atoms with Gasteiger partial charge in [-0.3, -0.25) is 9.59 Å². The Labute approximate surface area is 258 Å². The van der Waals surface area contributed by atoms with E-state index in [1.807, 2.05) is 43.5 Å². The number of benzene rings is 2. The average Bonchev–Trinajstić information content (AvgIpc) is 3.37. The highest BCUT2D eigenvalue weighted by molar-refractivity contribution is 5.89. The predicted molar refractivity (Wildman–Crippen MR) is 170 cm³/mol. The number of carbonyl (C=O) groups excluding carboxylic acids is 2. The van der Waals surface area contributed by atoms with E-state index in [1.165, 1.54) is 12.2 Å². The predicted octanol–water partition coefficient (Wildman–Crippen LogP) is 3.49. The Morgan fingerprint density at radius 2 is 0.955 bits per heavy atom. The zero-order chi connectivity index (χ0) is 32.1. The van der Waals surface area contributed by atoms with Crippen molar-refractivity contribution in [2.75, 3.05) is 62.8 Å². The first-order valence-corrected chi connectivity index (χ1v) is 13.9. The Bertz CT molecular complexity index is 1260. The summed E-state index contributed by atoms with van der Waals surface area (Å²) in [5, 5.41) is 5.98. The van der Waals surface area contributed by atoms with Crippen LogP contribution in [0.3, 0.4) is 0 Å². The van der Waals surface area contributed by atoms with Crippen molar-refractivity contribution in [1.29, 1.82) is 0 Å². The topological polar surface area (TPSA) is 117 Å². The van der Waals surface area contributed by atoms with Gasteiger partial charge in [0.15, 0.2) is 23.0 Å². The number of allylic oxidation sites excluding steroid dienone is 4. The molecule has 0 radical (unpaired) electrons. The van der Waals surface area contributed by atoms with Crippen LogP contribution >= 0.6 is 0 Å². The number of nitrogens with zero attached hydrogens (tertiary/aromatic N) is 1. The molecule has 236 valence electrons. The van der Waals surface area contributed by atoms with Gasteiger partial charge >= 0.3 is 0 Å². The minimum absolute atomic E-state index is 0.247. The number of carbonyl (C=O) groups is 2. The van der Waals surface area contributed by atoms with Crippen molar-refractivity contribution in [2.45, 2.75) is 12.1 Å². The molecular weight excluding hydrogens is 566 g/mol. The molecule has 11 nitrogen and oxygen atoms in total. The van der Waals surface area contributed by atoms with Crippen LogP contribution in [0.15, 0.2) is 60.7 Å². The molecule has 3 rings (SSSR count). The standard InChI is InChI=1S/C33H41N3O8/c1-36-20-24(34-30(37)14-10-8-12-22-16-26(39-2)32(43-6)27(17-22)40-3)25(21-36)35-31(38)15-11-9-13-23-18-28(41-4)33(44-7)29(19-23)42-5/h8-19,24-25H,20-21H2,1-7H3,(H,34,37)(H,35,38)/b12-8+,13-9+,14-10+,15-11+/t24-,25-/m0/s1. The summed E-state index contributed by atoms with van der Waals surface area (Å²) in [6.45, 7) is 1.22. The largest absolute Gasteiger partial charge is 0.493 e. The number of likely N-dealkylation sites (tertiary alicyclic amines) is 1. The van der Waals surface area contributed by atoms with Gasteiger partial charge in [-0.05, 0) is 42.4 Å². The van der Waals surface area contributed by atoms with E-state index in [9.17, 15) is 9.59 Å². The molecule has 0 aromatic heterocycles. The molecule has 1 fully saturated rings. The molecule has 2 aromatic rings. The molecule has 1 heterocycles. The van der Waals surface area contributed by atoms with Crippen molar-refractivity contribution < 1.29 is 38.0 Å². The van der Waals surface area contributed by atoms with Crippen LogP contribution in [0.1, 0.15) is 11.1 Å². The van der Waals surface area contributed by atoms with Gasteiger partial charge in [-0.2, -0.15) is 0 Å². The summed E-state index contributed by atoms with van der Waals surface area (Å²) in [6.07, 6.45) is 13.3. The second-order valence-corrected chi connectivity index (χ2v) is 9.81. The van der Waals surface area contributed by atoms with Crippen molar-refractivity contribution in [1.82, 2.24) is 15.5 Å². The molecule has 44 heavy (non-hydrogen) atoms. The van der Waals surface area contributed by atoms with Crippen LogP contribution in [0.5, 0.6) is 34.5 Å². The van der Waals surface area contributed by atoms with Crippen LogP contribution in [0, 0.1) is 0 Å². The van der Waals surface area contributed by atoms with Crippen LogP contribution in [-0.4, -0.2) is 91.6 Å². The van der Waals surface area contributed by atoms with Crippen LogP contribution in [0.25, 0.3) is 12.2 Å². The van der Waals surface area contributed by atoms with Gasteiger partial charge in [0.2, 0.25) is 23.3 Å². The van der Waals surface area contributed by atoms with Gasteiger partial charge in [-0.1, -0.05) is 36.5 Å². The fraction of sp³-hybridized carbons (Fsp3) is 0.333. The van der Waals surface area contributed by atoms with Crippen molar-refractivity contribution in [3.8, 4) is 34.5 Å². The molecule has 0 bridgehead atoms. The SMILES string of the molecule is COc1cc(/C=C/C=C/C(=O)N[C@H]2CN(C)C[C@@H]2NC(=O)/C=C/C=C/c2cc(OC)c(OC)c(OC)c2)cc(OC)c1OC. The highest BCUT2D eigenvalue weighted by atomic mass is 16.5. The van der Waals surface area contributed by atoms with E-state index in [0.717, 1.165) is 11.1 Å². The monoisotopic (exact) mass is 607 g/mol. The molecule has 0 unspecified atom stereocenters. The average molecular weight is 608 g/mol. The molecule has 2 amide bonds. The molecule has 0 spiro atoms. The first-order valence-electron chi connectivity index (χ1n) is 13.9. The lowest BCUT2D eigenvalue weighted by molar-refractivity contribution is -0.119. The van der Waals surface area contributed by atoms with Gasteiger partial charge in [0.1, 0.15) is 0 Å². The fourth-order valence-electron chi connectivity index (χ4n) is 4.77. The lowest BCUT2D eigenvalue weighted by atomic mass is 10.1. The fourth-order valence-corrected chi connectivity index (χ4v) is 4.77. The van der Waals surface area contributed by atoms with Gasteiger partial charge in [0.25, 0.3) is 0 Å². The Morgan fingerprint density at radius 3 is 1.25 bits per heavy atom. The van der Waals surface area contributed by atoms with Gasteiger partial charge in [-0.15, -0.1) is 0 Å². The Hall–Kier alpha value is -4.90. The van der Waals surface area contributed by atoms with Gasteiger partial charge in [0.05, 0.1) is 54.7 Å². The molecule has 1 aliphatic heterocycles. The zero-order valence-electron chi connectivity index (χ0n) is 26.2. The molecule has 2 N–H and O–H groups in total. The minimum Gasteiger partial charge on any atom is -0.493 e. The smallest absolute Gasteiger partial charge is 0.244 e. The quantitative estimate of drug-likeness (QED) is 0.246. The maximum atomic E-state index is 12.6. The molecule has 1 aliphatic rings. The number of hydrogen-bond donors (Lipinski definition) is 2. The van der Waals surface area contributed by atoms with E-state index in [0.29, 0.717) is 47.6 Å². The van der Waals surface area contributed by atoms with Crippen molar-refractivity contribution in [2.24, 2.45) is 0 Å². The lowest BCUT2D eigenvalue weighted by Gasteiger charge is -2.19. The van der Waals surface area contributed by atoms with E-state index in [2.05, 4.69) is 15.5 Å². The maximum Gasteiger partial charge on any atom is 0.244 e. The first-order chi connectivity index (χ1) is 21.3. The Balaban J connectivity index is 1.56. The summed E-state index contributed by atoms with van der Waals surface area (Å²) in [7, 11) is 11.2. The number of nitrogens with one attached hydrogen (secondary N) is 2. The molecule has 1 saturated heterocycles. The van der Waals surface area contributed by atoms with Crippen LogP contribution in [0.4, 0.5) is 0 Å². The zero-order valence-corrected chi connectivity index (χ0v) is 26.2. The summed E-state index contributed by atoms with van der Waals surface area (Å²) in [5.74, 6) is 2.64. The molecule has 11 heteroatoms. The highest BCUT2D eigenvalue weighted by Crippen LogP contribution is 2.39. The third kappa shape index (κ3) is 9.05. The number of hydrogen-bond acceptors (Lipinski definition) is 9. The van der Waals surface area contributed by atoms with Gasteiger partial charge in [0, 0.05) is 25.2 Å². The third-order valence-electron chi connectivity index (χ3n) is 6.83. The number of likely N-dealkylation sites (N-methyl/N-ethyl adjacent to an activating group) is 1. The summed E-state index contributed by atoms with van der Waals surface area (Å²) in [5.41, 5.74) is 1.63. The molecule has 0 aliphatic carbocycles. The van der Waals surface area contributed by atoms with Crippen molar-refractivity contribution >= 4 is 24.0 Å². The van der Waals surface area contributed by atoms with E-state index in [4.69, 9.17) is 28.4 Å². The van der Waals surface area contributed by atoms with Crippen LogP contribution < -0.4 is 39.1 Å². The number of rotatable bonds is 14.